The number of aromatic nitrogens is 4. The Labute approximate surface area is 207 Å². The Morgan fingerprint density at radius 2 is 1.86 bits per heavy atom. The number of carbonyl (C=O) groups excluding carboxylic acids is 1. The molecule has 0 radical (unpaired) electrons. The molecule has 178 valence electrons. The molecule has 2 aromatic carbocycles. The average molecular weight is 488 g/mol. The number of hydrogen-bond acceptors (Lipinski definition) is 7. The number of hydrogen-bond donors (Lipinski definition) is 1. The zero-order valence-electron chi connectivity index (χ0n) is 19.5. The fraction of sp³-hybridized carbons (Fsp3) is 0.231. The van der Waals surface area contributed by atoms with Gasteiger partial charge in [0, 0.05) is 18.0 Å². The first kappa shape index (κ1) is 22.9. The fourth-order valence-corrected chi connectivity index (χ4v) is 4.50. The smallest absolute Gasteiger partial charge is 0.230 e. The van der Waals surface area contributed by atoms with Gasteiger partial charge in [-0.25, -0.2) is 0 Å². The summed E-state index contributed by atoms with van der Waals surface area (Å²) in [7, 11) is 0. The van der Waals surface area contributed by atoms with Crippen molar-refractivity contribution in [2.75, 3.05) is 18.9 Å². The topological polar surface area (TPSA) is 91.2 Å². The minimum absolute atomic E-state index is 0.113. The molecule has 4 aromatic rings. The van der Waals surface area contributed by atoms with E-state index in [-0.39, 0.29) is 17.8 Å². The first-order valence-corrected chi connectivity index (χ1v) is 12.3. The van der Waals surface area contributed by atoms with Crippen LogP contribution in [0.1, 0.15) is 11.1 Å². The zero-order valence-corrected chi connectivity index (χ0v) is 20.3. The molecule has 1 N–H and O–H groups in total. The van der Waals surface area contributed by atoms with Crippen molar-refractivity contribution in [3.63, 3.8) is 0 Å². The maximum atomic E-state index is 12.6. The lowest BCUT2D eigenvalue weighted by Crippen LogP contribution is -2.41. The van der Waals surface area contributed by atoms with Crippen LogP contribution in [0.2, 0.25) is 0 Å². The molecule has 5 rings (SSSR count). The molecule has 9 heteroatoms. The summed E-state index contributed by atoms with van der Waals surface area (Å²) in [6.07, 6.45) is 3.21. The second kappa shape index (κ2) is 10.2. The number of nitrogens with zero attached hydrogens (tertiary/aromatic N) is 4. The molecule has 1 unspecified atom stereocenters. The van der Waals surface area contributed by atoms with Crippen molar-refractivity contribution in [2.45, 2.75) is 25.1 Å². The second-order valence-electron chi connectivity index (χ2n) is 8.24. The normalized spacial score (nSPS) is 14.5. The summed E-state index contributed by atoms with van der Waals surface area (Å²) in [6.45, 7) is 4.90. The molecule has 0 saturated heterocycles. The predicted octanol–water partition coefficient (Wildman–Crippen LogP) is 3.99. The molecule has 3 heterocycles. The summed E-state index contributed by atoms with van der Waals surface area (Å²) < 4.78 is 13.6. The summed E-state index contributed by atoms with van der Waals surface area (Å²) >= 11 is 1.34. The Bertz CT molecular complexity index is 1340. The number of para-hydroxylation sites is 2. The van der Waals surface area contributed by atoms with Crippen molar-refractivity contribution in [1.82, 2.24) is 25.1 Å². The van der Waals surface area contributed by atoms with Gasteiger partial charge in [0.1, 0.15) is 12.7 Å². The van der Waals surface area contributed by atoms with Crippen LogP contribution >= 0.6 is 11.8 Å². The Hall–Kier alpha value is -3.85. The van der Waals surface area contributed by atoms with E-state index in [1.54, 1.807) is 12.4 Å². The standard InChI is InChI=1S/C26H25N5O3S/c1-17-7-8-20(13-18(17)2)31-25(19-9-11-27-12-10-19)29-30-26(31)35-16-24(32)28-14-21-15-33-22-5-3-4-6-23(22)34-21/h3-13,21H,14-16H2,1-2H3,(H,28,32). The van der Waals surface area contributed by atoms with Crippen LogP contribution in [0.4, 0.5) is 0 Å². The van der Waals surface area contributed by atoms with Crippen LogP contribution in [0.15, 0.2) is 72.1 Å². The summed E-state index contributed by atoms with van der Waals surface area (Å²) in [5.74, 6) is 2.20. The van der Waals surface area contributed by atoms with E-state index >= 15 is 0 Å². The molecule has 0 spiro atoms. The molecule has 0 saturated carbocycles. The van der Waals surface area contributed by atoms with Crippen LogP contribution < -0.4 is 14.8 Å². The number of amides is 1. The predicted molar refractivity (Wildman–Crippen MR) is 134 cm³/mol. The Morgan fingerprint density at radius 3 is 2.66 bits per heavy atom. The van der Waals surface area contributed by atoms with E-state index in [0.29, 0.717) is 29.9 Å². The molecule has 1 aliphatic heterocycles. The average Bonchev–Trinajstić information content (AvgIpc) is 3.32. The quantitative estimate of drug-likeness (QED) is 0.394. The lowest BCUT2D eigenvalue weighted by atomic mass is 10.1. The van der Waals surface area contributed by atoms with E-state index in [9.17, 15) is 4.79 Å². The zero-order chi connectivity index (χ0) is 24.2. The third kappa shape index (κ3) is 5.14. The first-order chi connectivity index (χ1) is 17.1. The van der Waals surface area contributed by atoms with Crippen molar-refractivity contribution < 1.29 is 14.3 Å². The molecule has 0 bridgehead atoms. The van der Waals surface area contributed by atoms with Crippen LogP contribution in [-0.4, -0.2) is 50.7 Å². The van der Waals surface area contributed by atoms with Gasteiger partial charge in [-0.2, -0.15) is 0 Å². The van der Waals surface area contributed by atoms with Gasteiger partial charge >= 0.3 is 0 Å². The Balaban J connectivity index is 1.28. The highest BCUT2D eigenvalue weighted by Crippen LogP contribution is 2.31. The SMILES string of the molecule is Cc1ccc(-n2c(SCC(=O)NCC3COc4ccccc4O3)nnc2-c2ccncc2)cc1C. The molecular formula is C26H25N5O3S. The minimum atomic E-state index is -0.240. The van der Waals surface area contributed by atoms with Gasteiger partial charge in [0.2, 0.25) is 5.91 Å². The number of pyridine rings is 1. The number of thioether (sulfide) groups is 1. The van der Waals surface area contributed by atoms with Gasteiger partial charge in [0.25, 0.3) is 0 Å². The number of ether oxygens (including phenoxy) is 2. The molecule has 0 fully saturated rings. The van der Waals surface area contributed by atoms with Gasteiger partial charge in [-0.3, -0.25) is 14.3 Å². The number of carbonyl (C=O) groups is 1. The third-order valence-electron chi connectivity index (χ3n) is 5.75. The number of nitrogens with one attached hydrogen (secondary N) is 1. The van der Waals surface area contributed by atoms with Crippen molar-refractivity contribution in [3.05, 3.63) is 78.1 Å². The lowest BCUT2D eigenvalue weighted by molar-refractivity contribution is -0.119. The van der Waals surface area contributed by atoms with Crippen LogP contribution in [0, 0.1) is 13.8 Å². The highest BCUT2D eigenvalue weighted by Gasteiger charge is 2.22. The highest BCUT2D eigenvalue weighted by atomic mass is 32.2. The Kier molecular flexibility index (Phi) is 6.67. The highest BCUT2D eigenvalue weighted by molar-refractivity contribution is 7.99. The van der Waals surface area contributed by atoms with Crippen LogP contribution in [0.5, 0.6) is 11.5 Å². The molecule has 35 heavy (non-hydrogen) atoms. The largest absolute Gasteiger partial charge is 0.486 e. The van der Waals surface area contributed by atoms with Crippen LogP contribution in [-0.2, 0) is 4.79 Å². The minimum Gasteiger partial charge on any atom is -0.486 e. The monoisotopic (exact) mass is 487 g/mol. The van der Waals surface area contributed by atoms with Crippen molar-refractivity contribution >= 4 is 17.7 Å². The van der Waals surface area contributed by atoms with E-state index in [1.165, 1.54) is 22.9 Å². The summed E-state index contributed by atoms with van der Waals surface area (Å²) in [5.41, 5.74) is 4.22. The number of rotatable bonds is 7. The maximum absolute atomic E-state index is 12.6. The van der Waals surface area contributed by atoms with E-state index in [0.717, 1.165) is 17.0 Å². The molecule has 1 atom stereocenters. The van der Waals surface area contributed by atoms with Crippen molar-refractivity contribution in [1.29, 1.82) is 0 Å². The molecule has 0 aliphatic carbocycles. The molecule has 1 amide bonds. The molecule has 8 nitrogen and oxygen atoms in total. The van der Waals surface area contributed by atoms with Crippen molar-refractivity contribution in [2.24, 2.45) is 0 Å². The van der Waals surface area contributed by atoms with Gasteiger partial charge in [-0.05, 0) is 61.4 Å². The van der Waals surface area contributed by atoms with E-state index in [4.69, 9.17) is 9.47 Å². The molecule has 2 aromatic heterocycles. The van der Waals surface area contributed by atoms with Gasteiger partial charge < -0.3 is 14.8 Å². The number of benzene rings is 2. The summed E-state index contributed by atoms with van der Waals surface area (Å²) in [6, 6.07) is 17.5. The fourth-order valence-electron chi connectivity index (χ4n) is 3.72. The van der Waals surface area contributed by atoms with E-state index in [2.05, 4.69) is 46.5 Å². The Morgan fingerprint density at radius 1 is 1.06 bits per heavy atom. The molecule has 1 aliphatic rings. The first-order valence-electron chi connectivity index (χ1n) is 11.3. The number of fused-ring (bicyclic) bond motifs is 1. The molecular weight excluding hydrogens is 462 g/mol. The maximum Gasteiger partial charge on any atom is 0.230 e. The van der Waals surface area contributed by atoms with Crippen molar-refractivity contribution in [3.8, 4) is 28.6 Å². The lowest BCUT2D eigenvalue weighted by Gasteiger charge is -2.26. The van der Waals surface area contributed by atoms with Crippen LogP contribution in [0.25, 0.3) is 17.1 Å². The van der Waals surface area contributed by atoms with Gasteiger partial charge in [0.15, 0.2) is 22.5 Å². The number of aryl methyl sites for hydroxylation is 2. The third-order valence-corrected chi connectivity index (χ3v) is 6.68. The van der Waals surface area contributed by atoms with E-state index < -0.39 is 0 Å². The van der Waals surface area contributed by atoms with Crippen LogP contribution in [0.3, 0.4) is 0 Å². The summed E-state index contributed by atoms with van der Waals surface area (Å²) in [5, 5.41) is 12.4. The van der Waals surface area contributed by atoms with E-state index in [1.807, 2.05) is 47.0 Å². The van der Waals surface area contributed by atoms with Gasteiger partial charge in [-0.15, -0.1) is 10.2 Å². The summed E-state index contributed by atoms with van der Waals surface area (Å²) in [4.78, 5) is 16.7. The van der Waals surface area contributed by atoms with Gasteiger partial charge in [-0.1, -0.05) is 30.0 Å². The second-order valence-corrected chi connectivity index (χ2v) is 9.18. The van der Waals surface area contributed by atoms with Gasteiger partial charge in [0.05, 0.1) is 18.0 Å².